The molecule has 0 atom stereocenters. The lowest BCUT2D eigenvalue weighted by Gasteiger charge is -2.09. The molecule has 74 valence electrons. The zero-order valence-corrected chi connectivity index (χ0v) is 8.93. The van der Waals surface area contributed by atoms with Gasteiger partial charge in [-0.05, 0) is 22.0 Å². The van der Waals surface area contributed by atoms with Crippen molar-refractivity contribution in [3.8, 4) is 17.6 Å². The molecule has 0 spiro atoms. The molecule has 1 rings (SSSR count). The van der Waals surface area contributed by atoms with E-state index in [9.17, 15) is 9.50 Å². The highest BCUT2D eigenvalue weighted by atomic mass is 79.9. The van der Waals surface area contributed by atoms with Crippen molar-refractivity contribution < 1.29 is 14.2 Å². The first-order valence-electron chi connectivity index (χ1n) is 3.72. The summed E-state index contributed by atoms with van der Waals surface area (Å²) in [5, 5.41) is 18.0. The van der Waals surface area contributed by atoms with Crippen LogP contribution in [0, 0.1) is 17.1 Å². The van der Waals surface area contributed by atoms with Gasteiger partial charge in [-0.3, -0.25) is 0 Å². The number of nitrogens with zero attached hydrogens (tertiary/aromatic N) is 1. The lowest BCUT2D eigenvalue weighted by Crippen LogP contribution is -1.94. The van der Waals surface area contributed by atoms with E-state index >= 15 is 0 Å². The fraction of sp³-hybridized carbons (Fsp3) is 0.222. The summed E-state index contributed by atoms with van der Waals surface area (Å²) >= 11 is 3.04. The van der Waals surface area contributed by atoms with Crippen molar-refractivity contribution in [2.24, 2.45) is 0 Å². The Labute approximate surface area is 88.9 Å². The van der Waals surface area contributed by atoms with Gasteiger partial charge in [-0.25, -0.2) is 4.39 Å². The molecule has 0 unspecified atom stereocenters. The van der Waals surface area contributed by atoms with E-state index in [1.807, 2.05) is 0 Å². The van der Waals surface area contributed by atoms with Gasteiger partial charge in [0, 0.05) is 5.56 Å². The minimum Gasteiger partial charge on any atom is -0.504 e. The predicted molar refractivity (Wildman–Crippen MR) is 51.6 cm³/mol. The van der Waals surface area contributed by atoms with Crippen LogP contribution in [0.5, 0.6) is 11.5 Å². The van der Waals surface area contributed by atoms with Crippen LogP contribution < -0.4 is 4.74 Å². The molecule has 3 nitrogen and oxygen atoms in total. The molecule has 5 heteroatoms. The first-order valence-corrected chi connectivity index (χ1v) is 4.52. The van der Waals surface area contributed by atoms with E-state index in [2.05, 4.69) is 15.9 Å². The van der Waals surface area contributed by atoms with Crippen molar-refractivity contribution in [1.82, 2.24) is 0 Å². The number of hydrogen-bond donors (Lipinski definition) is 1. The van der Waals surface area contributed by atoms with Crippen molar-refractivity contribution >= 4 is 15.9 Å². The van der Waals surface area contributed by atoms with Crippen LogP contribution in [0.25, 0.3) is 0 Å². The number of benzene rings is 1. The van der Waals surface area contributed by atoms with Crippen LogP contribution in [0.3, 0.4) is 0 Å². The van der Waals surface area contributed by atoms with Crippen molar-refractivity contribution in [3.05, 3.63) is 21.9 Å². The van der Waals surface area contributed by atoms with Gasteiger partial charge in [0.1, 0.15) is 5.82 Å². The molecule has 0 heterocycles. The number of rotatable bonds is 2. The number of hydrogen-bond acceptors (Lipinski definition) is 3. The SMILES string of the molecule is COc1c(Br)cc(F)c(CC#N)c1O. The third-order valence-corrected chi connectivity index (χ3v) is 2.31. The molecule has 0 aliphatic heterocycles. The van der Waals surface area contributed by atoms with Crippen LogP contribution in [0.4, 0.5) is 4.39 Å². The summed E-state index contributed by atoms with van der Waals surface area (Å²) in [5.74, 6) is -0.825. The highest BCUT2D eigenvalue weighted by Gasteiger charge is 2.16. The highest BCUT2D eigenvalue weighted by molar-refractivity contribution is 9.10. The molecular formula is C9H7BrFNO2. The molecule has 0 saturated heterocycles. The summed E-state index contributed by atoms with van der Waals surface area (Å²) < 4.78 is 18.4. The van der Waals surface area contributed by atoms with Crippen LogP contribution in [0.2, 0.25) is 0 Å². The minimum absolute atomic E-state index is 0.0486. The second-order valence-electron chi connectivity index (χ2n) is 2.54. The first kappa shape index (κ1) is 10.8. The number of phenolic OH excluding ortho intramolecular Hbond substituents is 1. The van der Waals surface area contributed by atoms with Gasteiger partial charge < -0.3 is 9.84 Å². The Kier molecular flexibility index (Phi) is 3.31. The first-order chi connectivity index (χ1) is 6.61. The molecule has 1 N–H and O–H groups in total. The Bertz CT molecular complexity index is 401. The van der Waals surface area contributed by atoms with E-state index < -0.39 is 5.82 Å². The highest BCUT2D eigenvalue weighted by Crippen LogP contribution is 2.38. The van der Waals surface area contributed by atoms with Crippen LogP contribution in [0.15, 0.2) is 10.5 Å². The summed E-state index contributed by atoms with van der Waals surface area (Å²) in [6.45, 7) is 0. The molecule has 0 aliphatic rings. The molecule has 0 saturated carbocycles. The Hall–Kier alpha value is -1.28. The van der Waals surface area contributed by atoms with Crippen LogP contribution in [-0.2, 0) is 6.42 Å². The van der Waals surface area contributed by atoms with E-state index in [4.69, 9.17) is 10.00 Å². The molecular weight excluding hydrogens is 253 g/mol. The summed E-state index contributed by atoms with van der Waals surface area (Å²) in [7, 11) is 1.36. The summed E-state index contributed by atoms with van der Waals surface area (Å²) in [6.07, 6.45) is -0.193. The summed E-state index contributed by atoms with van der Waals surface area (Å²) in [4.78, 5) is 0. The molecule has 0 fully saturated rings. The monoisotopic (exact) mass is 259 g/mol. The van der Waals surface area contributed by atoms with Crippen molar-refractivity contribution in [2.45, 2.75) is 6.42 Å². The molecule has 0 bridgehead atoms. The zero-order chi connectivity index (χ0) is 10.7. The summed E-state index contributed by atoms with van der Waals surface area (Å²) in [5.41, 5.74) is -0.0486. The lowest BCUT2D eigenvalue weighted by atomic mass is 10.1. The number of phenols is 1. The maximum Gasteiger partial charge on any atom is 0.175 e. The van der Waals surface area contributed by atoms with E-state index in [0.29, 0.717) is 4.47 Å². The van der Waals surface area contributed by atoms with Gasteiger partial charge in [0.2, 0.25) is 0 Å². The Morgan fingerprint density at radius 2 is 2.36 bits per heavy atom. The molecule has 0 aliphatic carbocycles. The predicted octanol–water partition coefficient (Wildman–Crippen LogP) is 2.37. The quantitative estimate of drug-likeness (QED) is 0.888. The van der Waals surface area contributed by atoms with Gasteiger partial charge in [0.15, 0.2) is 11.5 Å². The van der Waals surface area contributed by atoms with E-state index in [0.717, 1.165) is 6.07 Å². The number of ether oxygens (including phenoxy) is 1. The second kappa shape index (κ2) is 4.29. The van der Waals surface area contributed by atoms with Crippen molar-refractivity contribution in [3.63, 3.8) is 0 Å². The third kappa shape index (κ3) is 1.80. The van der Waals surface area contributed by atoms with Gasteiger partial charge in [-0.15, -0.1) is 0 Å². The third-order valence-electron chi connectivity index (χ3n) is 1.72. The molecule has 1 aromatic rings. The van der Waals surface area contributed by atoms with Crippen molar-refractivity contribution in [1.29, 1.82) is 5.26 Å². The molecule has 1 aromatic carbocycles. The summed E-state index contributed by atoms with van der Waals surface area (Å²) in [6, 6.07) is 2.92. The fourth-order valence-electron chi connectivity index (χ4n) is 1.07. The Morgan fingerprint density at radius 1 is 1.71 bits per heavy atom. The maximum absolute atomic E-state index is 13.2. The van der Waals surface area contributed by atoms with Gasteiger partial charge in [-0.2, -0.15) is 5.26 Å². The van der Waals surface area contributed by atoms with Gasteiger partial charge in [0.05, 0.1) is 24.1 Å². The number of nitriles is 1. The van der Waals surface area contributed by atoms with E-state index in [1.165, 1.54) is 7.11 Å². The molecule has 0 amide bonds. The second-order valence-corrected chi connectivity index (χ2v) is 3.39. The molecule has 0 aromatic heterocycles. The van der Waals surface area contributed by atoms with Crippen LogP contribution in [-0.4, -0.2) is 12.2 Å². The molecule has 0 radical (unpaired) electrons. The number of aromatic hydroxyl groups is 1. The Morgan fingerprint density at radius 3 is 2.86 bits per heavy atom. The largest absolute Gasteiger partial charge is 0.504 e. The maximum atomic E-state index is 13.2. The van der Waals surface area contributed by atoms with E-state index in [1.54, 1.807) is 6.07 Å². The standard InChI is InChI=1S/C9H7BrFNO2/c1-14-9-6(10)4-7(11)5(2-3-12)8(9)13/h4,13H,2H2,1H3. The molecule has 14 heavy (non-hydrogen) atoms. The number of methoxy groups -OCH3 is 1. The van der Waals surface area contributed by atoms with Crippen LogP contribution in [0.1, 0.15) is 5.56 Å². The zero-order valence-electron chi connectivity index (χ0n) is 7.34. The van der Waals surface area contributed by atoms with Gasteiger partial charge in [-0.1, -0.05) is 0 Å². The lowest BCUT2D eigenvalue weighted by molar-refractivity contribution is 0.365. The average molecular weight is 260 g/mol. The average Bonchev–Trinajstić information content (AvgIpc) is 2.12. The fourth-order valence-corrected chi connectivity index (χ4v) is 1.62. The topological polar surface area (TPSA) is 53.2 Å². The van der Waals surface area contributed by atoms with Gasteiger partial charge in [0.25, 0.3) is 0 Å². The van der Waals surface area contributed by atoms with Crippen LogP contribution >= 0.6 is 15.9 Å². The van der Waals surface area contributed by atoms with Gasteiger partial charge >= 0.3 is 0 Å². The normalized spacial score (nSPS) is 9.57. The smallest absolute Gasteiger partial charge is 0.175 e. The number of halogens is 2. The van der Waals surface area contributed by atoms with E-state index in [-0.39, 0.29) is 23.5 Å². The van der Waals surface area contributed by atoms with Crippen molar-refractivity contribution in [2.75, 3.05) is 7.11 Å². The minimum atomic E-state index is -0.628. The Balaban J connectivity index is 3.37.